The largest absolute Gasteiger partial charge is 0.496 e. The molecule has 3 aromatic rings. The summed E-state index contributed by atoms with van der Waals surface area (Å²) in [6.07, 6.45) is 8.10. The molecule has 1 fully saturated rings. The van der Waals surface area contributed by atoms with Crippen LogP contribution in [0, 0.1) is 11.8 Å². The van der Waals surface area contributed by atoms with Crippen molar-refractivity contribution in [2.24, 2.45) is 11.8 Å². The lowest BCUT2D eigenvalue weighted by Gasteiger charge is -2.28. The number of ether oxygens (including phenoxy) is 2. The standard InChI is InChI=1S/C36H48N4O4/c1-6-7-20-37-34(41)22-28(21-25(2)3)38-36(42)30-23-31(40(39-30)29-18-16-26(4)17-19-29)35-32(43-5)14-11-15-33(35)44-24-27-12-9-8-10-13-27/h8-15,21,23,25-26,29H,6-7,16-20,22,24H2,1-5H3,(H,37,41)(H,38,42)/b28-21+. The van der Waals surface area contributed by atoms with Crippen LogP contribution in [0.2, 0.25) is 0 Å². The van der Waals surface area contributed by atoms with Crippen LogP contribution >= 0.6 is 0 Å². The van der Waals surface area contributed by atoms with Crippen molar-refractivity contribution in [2.75, 3.05) is 13.7 Å². The average Bonchev–Trinajstić information content (AvgIpc) is 3.45. The molecule has 44 heavy (non-hydrogen) atoms. The highest BCUT2D eigenvalue weighted by molar-refractivity contribution is 5.95. The van der Waals surface area contributed by atoms with Gasteiger partial charge in [-0.25, -0.2) is 0 Å². The fourth-order valence-electron chi connectivity index (χ4n) is 5.64. The van der Waals surface area contributed by atoms with E-state index in [1.165, 1.54) is 0 Å². The summed E-state index contributed by atoms with van der Waals surface area (Å²) in [6, 6.07) is 17.7. The van der Waals surface area contributed by atoms with Gasteiger partial charge in [0, 0.05) is 12.2 Å². The van der Waals surface area contributed by atoms with Crippen LogP contribution in [0.1, 0.15) is 94.7 Å². The van der Waals surface area contributed by atoms with Gasteiger partial charge >= 0.3 is 0 Å². The first-order valence-electron chi connectivity index (χ1n) is 16.0. The number of methoxy groups -OCH3 is 1. The minimum atomic E-state index is -0.343. The zero-order valence-corrected chi connectivity index (χ0v) is 26.9. The lowest BCUT2D eigenvalue weighted by atomic mass is 9.87. The second-order valence-corrected chi connectivity index (χ2v) is 12.2. The Morgan fingerprint density at radius 3 is 2.45 bits per heavy atom. The van der Waals surface area contributed by atoms with Crippen molar-refractivity contribution in [3.8, 4) is 22.8 Å². The maximum absolute atomic E-state index is 13.7. The van der Waals surface area contributed by atoms with E-state index in [2.05, 4.69) is 24.5 Å². The van der Waals surface area contributed by atoms with Crippen LogP contribution in [0.25, 0.3) is 11.3 Å². The van der Waals surface area contributed by atoms with E-state index in [-0.39, 0.29) is 30.2 Å². The summed E-state index contributed by atoms with van der Waals surface area (Å²) >= 11 is 0. The molecule has 8 heteroatoms. The summed E-state index contributed by atoms with van der Waals surface area (Å²) in [4.78, 5) is 26.4. The van der Waals surface area contributed by atoms with Crippen LogP contribution in [-0.2, 0) is 11.4 Å². The number of hydrogen-bond donors (Lipinski definition) is 2. The van der Waals surface area contributed by atoms with E-state index in [0.717, 1.165) is 55.3 Å². The van der Waals surface area contributed by atoms with Gasteiger partial charge in [-0.3, -0.25) is 14.3 Å². The van der Waals surface area contributed by atoms with Crippen molar-refractivity contribution >= 4 is 11.8 Å². The second kappa shape index (κ2) is 16.1. The number of nitrogens with one attached hydrogen (secondary N) is 2. The smallest absolute Gasteiger partial charge is 0.275 e. The number of benzene rings is 2. The molecule has 1 saturated carbocycles. The fraction of sp³-hybridized carbons (Fsp3) is 0.472. The zero-order valence-electron chi connectivity index (χ0n) is 26.9. The highest BCUT2D eigenvalue weighted by Crippen LogP contribution is 2.42. The van der Waals surface area contributed by atoms with Crippen molar-refractivity contribution in [2.45, 2.75) is 85.3 Å². The van der Waals surface area contributed by atoms with Gasteiger partial charge in [-0.15, -0.1) is 0 Å². The Balaban J connectivity index is 1.68. The zero-order chi connectivity index (χ0) is 31.5. The van der Waals surface area contributed by atoms with Crippen LogP contribution in [-0.4, -0.2) is 35.2 Å². The number of hydrogen-bond acceptors (Lipinski definition) is 5. The quantitative estimate of drug-likeness (QED) is 0.187. The summed E-state index contributed by atoms with van der Waals surface area (Å²) in [6.45, 7) is 9.44. The molecule has 8 nitrogen and oxygen atoms in total. The number of carbonyl (C=O) groups excluding carboxylic acids is 2. The minimum Gasteiger partial charge on any atom is -0.496 e. The molecule has 1 aliphatic rings. The number of aromatic nitrogens is 2. The molecular weight excluding hydrogens is 552 g/mol. The first-order valence-corrected chi connectivity index (χ1v) is 16.0. The Labute approximate surface area is 262 Å². The third-order valence-corrected chi connectivity index (χ3v) is 8.01. The number of amides is 2. The molecule has 0 aliphatic heterocycles. The lowest BCUT2D eigenvalue weighted by molar-refractivity contribution is -0.120. The van der Waals surface area contributed by atoms with Gasteiger partial charge in [-0.2, -0.15) is 5.10 Å². The Kier molecular flexibility index (Phi) is 12.0. The van der Waals surface area contributed by atoms with Gasteiger partial charge in [-0.1, -0.05) is 76.6 Å². The minimum absolute atomic E-state index is 0.103. The lowest BCUT2D eigenvalue weighted by Crippen LogP contribution is -2.30. The second-order valence-electron chi connectivity index (χ2n) is 12.2. The molecule has 4 rings (SSSR count). The first kappa shape index (κ1) is 32.8. The van der Waals surface area contributed by atoms with Crippen LogP contribution < -0.4 is 20.1 Å². The number of allylic oxidation sites excluding steroid dienone is 1. The predicted molar refractivity (Wildman–Crippen MR) is 175 cm³/mol. The van der Waals surface area contributed by atoms with E-state index in [1.807, 2.05) is 79.2 Å². The van der Waals surface area contributed by atoms with Crippen molar-refractivity contribution in [3.63, 3.8) is 0 Å². The number of nitrogens with zero attached hydrogens (tertiary/aromatic N) is 2. The fourth-order valence-corrected chi connectivity index (χ4v) is 5.64. The summed E-state index contributed by atoms with van der Waals surface area (Å²) in [7, 11) is 1.64. The molecule has 0 spiro atoms. The molecular formula is C36H48N4O4. The first-order chi connectivity index (χ1) is 21.3. The average molecular weight is 601 g/mol. The Morgan fingerprint density at radius 1 is 1.05 bits per heavy atom. The highest BCUT2D eigenvalue weighted by atomic mass is 16.5. The van der Waals surface area contributed by atoms with Crippen molar-refractivity contribution < 1.29 is 19.1 Å². The molecule has 1 aromatic heterocycles. The van der Waals surface area contributed by atoms with Crippen LogP contribution in [0.3, 0.4) is 0 Å². The third-order valence-electron chi connectivity index (χ3n) is 8.01. The number of rotatable bonds is 14. The van der Waals surface area contributed by atoms with Crippen molar-refractivity contribution in [1.29, 1.82) is 0 Å². The predicted octanol–water partition coefficient (Wildman–Crippen LogP) is 7.47. The van der Waals surface area contributed by atoms with Crippen LogP contribution in [0.5, 0.6) is 11.5 Å². The van der Waals surface area contributed by atoms with E-state index in [0.29, 0.717) is 42.0 Å². The van der Waals surface area contributed by atoms with E-state index >= 15 is 0 Å². The Bertz CT molecular complexity index is 1400. The van der Waals surface area contributed by atoms with Crippen LogP contribution in [0.4, 0.5) is 0 Å². The monoisotopic (exact) mass is 600 g/mol. The van der Waals surface area contributed by atoms with E-state index < -0.39 is 0 Å². The van der Waals surface area contributed by atoms with Gasteiger partial charge < -0.3 is 20.1 Å². The molecule has 0 radical (unpaired) electrons. The molecule has 236 valence electrons. The molecule has 2 amide bonds. The highest BCUT2D eigenvalue weighted by Gasteiger charge is 2.28. The molecule has 1 aliphatic carbocycles. The summed E-state index contributed by atoms with van der Waals surface area (Å²) in [5, 5.41) is 10.9. The molecule has 2 aromatic carbocycles. The Hall–Kier alpha value is -4.07. The molecule has 0 saturated heterocycles. The van der Waals surface area contributed by atoms with Crippen molar-refractivity contribution in [3.05, 3.63) is 77.6 Å². The third kappa shape index (κ3) is 8.97. The maximum Gasteiger partial charge on any atom is 0.275 e. The van der Waals surface area contributed by atoms with E-state index in [4.69, 9.17) is 14.6 Å². The SMILES string of the molecule is CCCCNC(=O)C/C(=C\C(C)C)NC(=O)c1cc(-c2c(OC)cccc2OCc2ccccc2)n(C2CCC(C)CC2)n1. The topological polar surface area (TPSA) is 94.5 Å². The van der Waals surface area contributed by atoms with Crippen molar-refractivity contribution in [1.82, 2.24) is 20.4 Å². The normalized spacial score (nSPS) is 16.9. The molecule has 1 heterocycles. The van der Waals surface area contributed by atoms with Gasteiger partial charge in [0.05, 0.1) is 30.8 Å². The van der Waals surface area contributed by atoms with E-state index in [1.54, 1.807) is 7.11 Å². The molecule has 0 atom stereocenters. The number of unbranched alkanes of at least 4 members (excludes halogenated alkanes) is 1. The summed E-state index contributed by atoms with van der Waals surface area (Å²) < 4.78 is 14.2. The van der Waals surface area contributed by atoms with E-state index in [9.17, 15) is 9.59 Å². The van der Waals surface area contributed by atoms with Gasteiger partial charge in [-0.05, 0) is 67.7 Å². The van der Waals surface area contributed by atoms with Gasteiger partial charge in [0.15, 0.2) is 5.69 Å². The number of carbonyl (C=O) groups is 2. The van der Waals surface area contributed by atoms with Gasteiger partial charge in [0.25, 0.3) is 5.91 Å². The van der Waals surface area contributed by atoms with Crippen LogP contribution in [0.15, 0.2) is 66.4 Å². The molecule has 0 unspecified atom stereocenters. The molecule has 0 bridgehead atoms. The van der Waals surface area contributed by atoms with Gasteiger partial charge in [0.2, 0.25) is 5.91 Å². The molecule has 2 N–H and O–H groups in total. The van der Waals surface area contributed by atoms with Gasteiger partial charge in [0.1, 0.15) is 18.1 Å². The Morgan fingerprint density at radius 2 is 1.77 bits per heavy atom. The maximum atomic E-state index is 13.7. The summed E-state index contributed by atoms with van der Waals surface area (Å²) in [5.74, 6) is 1.68. The summed E-state index contributed by atoms with van der Waals surface area (Å²) in [5.41, 5.74) is 3.47.